The lowest BCUT2D eigenvalue weighted by molar-refractivity contribution is -0.137. The minimum Gasteiger partial charge on any atom is -0.366 e. The molecule has 0 fully saturated rings. The summed E-state index contributed by atoms with van der Waals surface area (Å²) in [6.45, 7) is -1.38. The van der Waals surface area contributed by atoms with Crippen LogP contribution in [-0.2, 0) is 6.18 Å². The van der Waals surface area contributed by atoms with Crippen molar-refractivity contribution in [2.75, 3.05) is 18.5 Å². The van der Waals surface area contributed by atoms with E-state index in [-0.39, 0.29) is 5.69 Å². The predicted octanol–water partition coefficient (Wildman–Crippen LogP) is 3.58. The SMILES string of the molecule is CN(CC(F)(F)F)c1ccc(C#N)c(C(F)(F)F)c1. The van der Waals surface area contributed by atoms with Crippen molar-refractivity contribution in [2.45, 2.75) is 12.4 Å². The maximum Gasteiger partial charge on any atom is 0.417 e. The van der Waals surface area contributed by atoms with Crippen molar-refractivity contribution in [1.82, 2.24) is 0 Å². The van der Waals surface area contributed by atoms with Crippen LogP contribution in [0.2, 0.25) is 0 Å². The molecule has 1 aromatic rings. The van der Waals surface area contributed by atoms with E-state index in [1.54, 1.807) is 0 Å². The highest BCUT2D eigenvalue weighted by molar-refractivity contribution is 5.54. The fourth-order valence-electron chi connectivity index (χ4n) is 1.46. The van der Waals surface area contributed by atoms with Crippen LogP contribution in [-0.4, -0.2) is 19.8 Å². The van der Waals surface area contributed by atoms with Crippen LogP contribution in [0, 0.1) is 11.3 Å². The first-order valence-corrected chi connectivity index (χ1v) is 4.94. The van der Waals surface area contributed by atoms with E-state index in [1.165, 1.54) is 6.07 Å². The Bertz CT molecular complexity index is 497. The van der Waals surface area contributed by atoms with E-state index in [4.69, 9.17) is 5.26 Å². The zero-order chi connectivity index (χ0) is 14.8. The summed E-state index contributed by atoms with van der Waals surface area (Å²) in [5.41, 5.74) is -2.14. The quantitative estimate of drug-likeness (QED) is 0.775. The van der Waals surface area contributed by atoms with Crippen molar-refractivity contribution in [1.29, 1.82) is 5.26 Å². The van der Waals surface area contributed by atoms with Gasteiger partial charge in [-0.3, -0.25) is 0 Å². The van der Waals surface area contributed by atoms with Crippen LogP contribution >= 0.6 is 0 Å². The van der Waals surface area contributed by atoms with E-state index in [2.05, 4.69) is 0 Å². The van der Waals surface area contributed by atoms with Crippen LogP contribution in [0.25, 0.3) is 0 Å². The number of hydrogen-bond acceptors (Lipinski definition) is 2. The van der Waals surface area contributed by atoms with Gasteiger partial charge in [-0.15, -0.1) is 0 Å². The van der Waals surface area contributed by atoms with Crippen molar-refractivity contribution >= 4 is 5.69 Å². The second kappa shape index (κ2) is 4.99. The van der Waals surface area contributed by atoms with Gasteiger partial charge in [-0.05, 0) is 18.2 Å². The molecule has 0 aliphatic heterocycles. The Morgan fingerprint density at radius 2 is 1.74 bits per heavy atom. The number of nitriles is 1. The van der Waals surface area contributed by atoms with Gasteiger partial charge in [0.15, 0.2) is 0 Å². The molecule has 0 heterocycles. The van der Waals surface area contributed by atoms with E-state index in [0.29, 0.717) is 11.0 Å². The van der Waals surface area contributed by atoms with Gasteiger partial charge >= 0.3 is 12.4 Å². The molecular weight excluding hydrogens is 274 g/mol. The van der Waals surface area contributed by atoms with Gasteiger partial charge in [0.25, 0.3) is 0 Å². The van der Waals surface area contributed by atoms with Gasteiger partial charge in [0, 0.05) is 12.7 Å². The summed E-state index contributed by atoms with van der Waals surface area (Å²) in [6, 6.07) is 3.78. The van der Waals surface area contributed by atoms with Crippen LogP contribution in [0.4, 0.5) is 32.0 Å². The van der Waals surface area contributed by atoms with Gasteiger partial charge in [0.2, 0.25) is 0 Å². The Morgan fingerprint density at radius 1 is 1.16 bits per heavy atom. The van der Waals surface area contributed by atoms with Crippen LogP contribution in [0.5, 0.6) is 0 Å². The molecule has 1 rings (SSSR count). The van der Waals surface area contributed by atoms with Crippen molar-refractivity contribution in [2.24, 2.45) is 0 Å². The molecule has 1 aromatic carbocycles. The van der Waals surface area contributed by atoms with Crippen LogP contribution in [0.1, 0.15) is 11.1 Å². The molecular formula is C11H8F6N2. The van der Waals surface area contributed by atoms with Gasteiger partial charge in [-0.2, -0.15) is 31.6 Å². The molecule has 0 aromatic heterocycles. The molecule has 0 unspecified atom stereocenters. The number of rotatable bonds is 2. The predicted molar refractivity (Wildman–Crippen MR) is 55.5 cm³/mol. The Balaban J connectivity index is 3.16. The molecule has 0 radical (unpaired) electrons. The zero-order valence-corrected chi connectivity index (χ0v) is 9.60. The summed E-state index contributed by atoms with van der Waals surface area (Å²) in [4.78, 5) is 0.635. The fraction of sp³-hybridized carbons (Fsp3) is 0.364. The molecule has 0 saturated heterocycles. The van der Waals surface area contributed by atoms with Crippen molar-refractivity contribution in [3.8, 4) is 6.07 Å². The van der Waals surface area contributed by atoms with Crippen molar-refractivity contribution < 1.29 is 26.3 Å². The maximum absolute atomic E-state index is 12.6. The Kier molecular flexibility index (Phi) is 3.98. The normalized spacial score (nSPS) is 12.1. The van der Waals surface area contributed by atoms with E-state index < -0.39 is 30.0 Å². The van der Waals surface area contributed by atoms with Gasteiger partial charge < -0.3 is 4.90 Å². The number of halogens is 6. The summed E-state index contributed by atoms with van der Waals surface area (Å²) >= 11 is 0. The summed E-state index contributed by atoms with van der Waals surface area (Å²) in [7, 11) is 1.02. The topological polar surface area (TPSA) is 27.0 Å². The molecule has 0 N–H and O–H groups in total. The molecule has 19 heavy (non-hydrogen) atoms. The maximum atomic E-state index is 12.6. The van der Waals surface area contributed by atoms with Gasteiger partial charge in [-0.25, -0.2) is 0 Å². The third kappa shape index (κ3) is 4.05. The average Bonchev–Trinajstić information content (AvgIpc) is 2.24. The van der Waals surface area contributed by atoms with E-state index in [1.807, 2.05) is 0 Å². The Labute approximate surface area is 104 Å². The summed E-state index contributed by atoms with van der Waals surface area (Å²) in [5, 5.41) is 8.55. The molecule has 0 saturated carbocycles. The highest BCUT2D eigenvalue weighted by atomic mass is 19.4. The number of nitrogens with zero attached hydrogens (tertiary/aromatic N) is 2. The number of anilines is 1. The van der Waals surface area contributed by atoms with Gasteiger partial charge in [0.1, 0.15) is 6.54 Å². The second-order valence-corrected chi connectivity index (χ2v) is 3.81. The molecule has 0 amide bonds. The van der Waals surface area contributed by atoms with Crippen LogP contribution in [0.15, 0.2) is 18.2 Å². The smallest absolute Gasteiger partial charge is 0.366 e. The van der Waals surface area contributed by atoms with E-state index >= 15 is 0 Å². The summed E-state index contributed by atoms with van der Waals surface area (Å²) in [5.74, 6) is 0. The molecule has 0 bridgehead atoms. The lowest BCUT2D eigenvalue weighted by atomic mass is 10.1. The number of hydrogen-bond donors (Lipinski definition) is 0. The van der Waals surface area contributed by atoms with E-state index in [0.717, 1.165) is 19.2 Å². The monoisotopic (exact) mass is 282 g/mol. The van der Waals surface area contributed by atoms with Crippen LogP contribution in [0.3, 0.4) is 0 Å². The molecule has 104 valence electrons. The lowest BCUT2D eigenvalue weighted by Gasteiger charge is -2.22. The van der Waals surface area contributed by atoms with Crippen molar-refractivity contribution in [3.63, 3.8) is 0 Å². The molecule has 8 heteroatoms. The Hall–Kier alpha value is -1.91. The molecule has 0 spiro atoms. The number of benzene rings is 1. The van der Waals surface area contributed by atoms with E-state index in [9.17, 15) is 26.3 Å². The van der Waals surface area contributed by atoms with Gasteiger partial charge in [-0.1, -0.05) is 0 Å². The zero-order valence-electron chi connectivity index (χ0n) is 9.60. The average molecular weight is 282 g/mol. The Morgan fingerprint density at radius 3 is 2.16 bits per heavy atom. The van der Waals surface area contributed by atoms with Crippen molar-refractivity contribution in [3.05, 3.63) is 29.3 Å². The third-order valence-corrected chi connectivity index (χ3v) is 2.29. The summed E-state index contributed by atoms with van der Waals surface area (Å²) in [6.07, 6.45) is -9.32. The highest BCUT2D eigenvalue weighted by Gasteiger charge is 2.35. The first-order chi connectivity index (χ1) is 8.54. The first kappa shape index (κ1) is 15.1. The fourth-order valence-corrected chi connectivity index (χ4v) is 1.46. The second-order valence-electron chi connectivity index (χ2n) is 3.81. The first-order valence-electron chi connectivity index (χ1n) is 4.94. The third-order valence-electron chi connectivity index (χ3n) is 2.29. The highest BCUT2D eigenvalue weighted by Crippen LogP contribution is 2.34. The summed E-state index contributed by atoms with van der Waals surface area (Å²) < 4.78 is 74.3. The lowest BCUT2D eigenvalue weighted by Crippen LogP contribution is -2.31. The van der Waals surface area contributed by atoms with Crippen LogP contribution < -0.4 is 4.90 Å². The molecule has 0 aliphatic rings. The minimum absolute atomic E-state index is 0.261. The number of alkyl halides is 6. The van der Waals surface area contributed by atoms with Gasteiger partial charge in [0.05, 0.1) is 17.2 Å². The molecule has 2 nitrogen and oxygen atoms in total. The molecule has 0 atom stereocenters. The largest absolute Gasteiger partial charge is 0.417 e. The standard InChI is InChI=1S/C11H8F6N2/c1-19(6-10(12,13)14)8-3-2-7(5-18)9(4-8)11(15,16)17/h2-4H,6H2,1H3. The molecule has 0 aliphatic carbocycles. The minimum atomic E-state index is -4.79.